The molecule has 37 heavy (non-hydrogen) atoms. The molecular formula is C26H28F3N3O4S. The molecule has 0 unspecified atom stereocenters. The second-order valence-electron chi connectivity index (χ2n) is 9.63. The number of ether oxygens (including phenoxy) is 1. The second-order valence-corrected chi connectivity index (χ2v) is 10.9. The van der Waals surface area contributed by atoms with Crippen LogP contribution < -0.4 is 4.74 Å². The number of alkyl halides is 3. The minimum Gasteiger partial charge on any atom is -0.439 e. The van der Waals surface area contributed by atoms with Gasteiger partial charge in [-0.15, -0.1) is 0 Å². The Morgan fingerprint density at radius 2 is 1.78 bits per heavy atom. The standard InChI is InChI=1S/C26H28F3N3O4S/c1-2-31-24(36-22-12-10-19(11-13-22)26(27,28)29)17-23(30-31)18-6-5-7-20(16-18)25(14-15-25)32(37(33,34)35)21-8-3-4-9-21/h5-7,10-13,16-17,21H,2-4,8-9,14-15H2,1H3,(H,33,34,35). The highest BCUT2D eigenvalue weighted by Crippen LogP contribution is 2.55. The van der Waals surface area contributed by atoms with Crippen LogP contribution in [0.4, 0.5) is 13.2 Å². The molecule has 2 fully saturated rings. The molecule has 0 atom stereocenters. The average Bonchev–Trinajstić information content (AvgIpc) is 3.25. The van der Waals surface area contributed by atoms with Gasteiger partial charge in [-0.1, -0.05) is 31.0 Å². The van der Waals surface area contributed by atoms with Crippen LogP contribution in [0.1, 0.15) is 56.6 Å². The number of benzene rings is 2. The summed E-state index contributed by atoms with van der Waals surface area (Å²) >= 11 is 0. The van der Waals surface area contributed by atoms with Gasteiger partial charge in [0.1, 0.15) is 5.75 Å². The molecule has 0 amide bonds. The lowest BCUT2D eigenvalue weighted by Gasteiger charge is -2.34. The minimum atomic E-state index is -4.43. The molecule has 0 aliphatic heterocycles. The van der Waals surface area contributed by atoms with Crippen LogP contribution in [0.2, 0.25) is 0 Å². The van der Waals surface area contributed by atoms with Gasteiger partial charge in [-0.05, 0) is 68.5 Å². The Morgan fingerprint density at radius 3 is 2.35 bits per heavy atom. The highest BCUT2D eigenvalue weighted by molar-refractivity contribution is 7.83. The van der Waals surface area contributed by atoms with Gasteiger partial charge in [-0.2, -0.15) is 31.0 Å². The molecule has 1 aromatic heterocycles. The van der Waals surface area contributed by atoms with E-state index in [1.807, 2.05) is 31.2 Å². The van der Waals surface area contributed by atoms with E-state index in [0.29, 0.717) is 31.0 Å². The molecule has 2 aliphatic carbocycles. The molecule has 1 N–H and O–H groups in total. The average molecular weight is 536 g/mol. The van der Waals surface area contributed by atoms with Crippen molar-refractivity contribution in [2.75, 3.05) is 0 Å². The van der Waals surface area contributed by atoms with Crippen molar-refractivity contribution < 1.29 is 30.9 Å². The van der Waals surface area contributed by atoms with Gasteiger partial charge in [0.25, 0.3) is 0 Å². The molecule has 0 bridgehead atoms. The van der Waals surface area contributed by atoms with Crippen LogP contribution in [-0.2, 0) is 28.6 Å². The lowest BCUT2D eigenvalue weighted by molar-refractivity contribution is -0.137. The summed E-state index contributed by atoms with van der Waals surface area (Å²) in [5, 5.41) is 4.60. The van der Waals surface area contributed by atoms with Crippen LogP contribution in [-0.4, -0.2) is 33.1 Å². The number of hydrogen-bond acceptors (Lipinski definition) is 4. The minimum absolute atomic E-state index is 0.218. The van der Waals surface area contributed by atoms with Crippen molar-refractivity contribution >= 4 is 10.3 Å². The first kappa shape index (κ1) is 25.7. The predicted molar refractivity (Wildman–Crippen MR) is 131 cm³/mol. The molecule has 7 nitrogen and oxygen atoms in total. The van der Waals surface area contributed by atoms with Crippen molar-refractivity contribution in [1.29, 1.82) is 0 Å². The molecule has 0 saturated heterocycles. The molecule has 0 spiro atoms. The zero-order valence-electron chi connectivity index (χ0n) is 20.3. The summed E-state index contributed by atoms with van der Waals surface area (Å²) in [7, 11) is -4.40. The van der Waals surface area contributed by atoms with E-state index in [1.54, 1.807) is 10.7 Å². The molecule has 11 heteroatoms. The van der Waals surface area contributed by atoms with Crippen LogP contribution in [0.5, 0.6) is 11.6 Å². The third-order valence-electron chi connectivity index (χ3n) is 7.19. The molecule has 5 rings (SSSR count). The van der Waals surface area contributed by atoms with Gasteiger partial charge in [0, 0.05) is 24.2 Å². The lowest BCUT2D eigenvalue weighted by Crippen LogP contribution is -2.46. The Hall–Kier alpha value is -2.89. The fourth-order valence-corrected chi connectivity index (χ4v) is 6.62. The van der Waals surface area contributed by atoms with Crippen molar-refractivity contribution in [2.45, 2.75) is 69.8 Å². The molecular weight excluding hydrogens is 507 g/mol. The highest BCUT2D eigenvalue weighted by atomic mass is 32.2. The van der Waals surface area contributed by atoms with Crippen LogP contribution in [0, 0.1) is 0 Å². The summed E-state index contributed by atoms with van der Waals surface area (Å²) in [6.45, 7) is 2.34. The van der Waals surface area contributed by atoms with Gasteiger partial charge in [0.2, 0.25) is 5.88 Å². The van der Waals surface area contributed by atoms with Crippen molar-refractivity contribution in [3.63, 3.8) is 0 Å². The van der Waals surface area contributed by atoms with Gasteiger partial charge in [0.15, 0.2) is 0 Å². The van der Waals surface area contributed by atoms with E-state index < -0.39 is 27.6 Å². The first-order valence-electron chi connectivity index (χ1n) is 12.3. The zero-order chi connectivity index (χ0) is 26.4. The summed E-state index contributed by atoms with van der Waals surface area (Å²) in [6, 6.07) is 13.4. The molecule has 2 saturated carbocycles. The van der Waals surface area contributed by atoms with E-state index >= 15 is 0 Å². The van der Waals surface area contributed by atoms with Crippen LogP contribution in [0.3, 0.4) is 0 Å². The third-order valence-corrected chi connectivity index (χ3v) is 8.34. The molecule has 2 aliphatic rings. The molecule has 0 radical (unpaired) electrons. The number of rotatable bonds is 8. The van der Waals surface area contributed by atoms with Gasteiger partial charge in [0.05, 0.1) is 16.8 Å². The van der Waals surface area contributed by atoms with Crippen molar-refractivity contribution in [3.8, 4) is 22.9 Å². The van der Waals surface area contributed by atoms with E-state index in [2.05, 4.69) is 5.10 Å². The van der Waals surface area contributed by atoms with E-state index in [-0.39, 0.29) is 11.8 Å². The summed E-state index contributed by atoms with van der Waals surface area (Å²) < 4.78 is 82.4. The first-order chi connectivity index (χ1) is 17.5. The number of hydrogen-bond donors (Lipinski definition) is 1. The van der Waals surface area contributed by atoms with E-state index in [1.165, 1.54) is 16.4 Å². The lowest BCUT2D eigenvalue weighted by atomic mass is 9.99. The number of aryl methyl sites for hydroxylation is 1. The summed E-state index contributed by atoms with van der Waals surface area (Å²) in [4.78, 5) is 0. The molecule has 1 heterocycles. The van der Waals surface area contributed by atoms with E-state index in [4.69, 9.17) is 4.74 Å². The van der Waals surface area contributed by atoms with Crippen LogP contribution in [0.15, 0.2) is 54.6 Å². The number of aromatic nitrogens is 2. The largest absolute Gasteiger partial charge is 0.439 e. The maximum atomic E-state index is 12.9. The molecule has 3 aromatic rings. The Balaban J connectivity index is 1.44. The number of halogens is 3. The quantitative estimate of drug-likeness (QED) is 0.337. The second kappa shape index (κ2) is 9.45. The Labute approximate surface area is 213 Å². The Bertz CT molecular complexity index is 1380. The van der Waals surface area contributed by atoms with Crippen LogP contribution in [0.25, 0.3) is 11.3 Å². The zero-order valence-corrected chi connectivity index (χ0v) is 21.1. The predicted octanol–water partition coefficient (Wildman–Crippen LogP) is 6.42. The molecule has 2 aromatic carbocycles. The Morgan fingerprint density at radius 1 is 1.11 bits per heavy atom. The highest BCUT2D eigenvalue weighted by Gasteiger charge is 2.56. The third kappa shape index (κ3) is 5.12. The molecule has 198 valence electrons. The van der Waals surface area contributed by atoms with E-state index in [0.717, 1.165) is 48.9 Å². The smallest absolute Gasteiger partial charge is 0.416 e. The van der Waals surface area contributed by atoms with Crippen molar-refractivity contribution in [3.05, 3.63) is 65.7 Å². The monoisotopic (exact) mass is 535 g/mol. The van der Waals surface area contributed by atoms with Gasteiger partial charge < -0.3 is 4.74 Å². The fourth-order valence-electron chi connectivity index (χ4n) is 5.30. The summed E-state index contributed by atoms with van der Waals surface area (Å²) in [6.07, 6.45) is 0.145. The Kier molecular flexibility index (Phi) is 6.57. The maximum Gasteiger partial charge on any atom is 0.416 e. The normalized spacial score (nSPS) is 17.9. The van der Waals surface area contributed by atoms with Crippen LogP contribution >= 0.6 is 0 Å². The van der Waals surface area contributed by atoms with Gasteiger partial charge >= 0.3 is 16.5 Å². The SMILES string of the molecule is CCn1nc(-c2cccc(C3(N(C4CCCC4)S(=O)(=O)O)CC3)c2)cc1Oc1ccc(C(F)(F)F)cc1. The van der Waals surface area contributed by atoms with Gasteiger partial charge in [-0.25, -0.2) is 4.68 Å². The topological polar surface area (TPSA) is 84.7 Å². The first-order valence-corrected chi connectivity index (χ1v) is 13.7. The van der Waals surface area contributed by atoms with Gasteiger partial charge in [-0.3, -0.25) is 4.55 Å². The van der Waals surface area contributed by atoms with E-state index in [9.17, 15) is 26.1 Å². The van der Waals surface area contributed by atoms with Crippen molar-refractivity contribution in [1.82, 2.24) is 14.1 Å². The number of nitrogens with zero attached hydrogens (tertiary/aromatic N) is 3. The fraction of sp³-hybridized carbons (Fsp3) is 0.423. The summed E-state index contributed by atoms with van der Waals surface area (Å²) in [5.74, 6) is 0.620. The summed E-state index contributed by atoms with van der Waals surface area (Å²) in [5.41, 5.74) is 0.596. The maximum absolute atomic E-state index is 12.9. The van der Waals surface area contributed by atoms with Crippen molar-refractivity contribution in [2.24, 2.45) is 0 Å².